The fourth-order valence-electron chi connectivity index (χ4n) is 2.21. The molecule has 3 rings (SSSR count). The summed E-state index contributed by atoms with van der Waals surface area (Å²) in [6.07, 6.45) is 2.09. The maximum atomic E-state index is 12.2. The molecule has 1 fully saturated rings. The molecule has 1 aliphatic carbocycles. The molecule has 1 N–H and O–H groups in total. The molecule has 0 amide bonds. The average Bonchev–Trinajstić information content (AvgIpc) is 3.05. The van der Waals surface area contributed by atoms with Crippen molar-refractivity contribution in [3.63, 3.8) is 0 Å². The minimum atomic E-state index is -0.501. The number of nitrogens with one attached hydrogen (secondary N) is 1. The zero-order valence-electron chi connectivity index (χ0n) is 11.6. The first-order valence-corrected chi connectivity index (χ1v) is 6.68. The lowest BCUT2D eigenvalue weighted by molar-refractivity contribution is 0.00633. The standard InChI is InChI=1S/C15H19NO3/c1-14(2,3)19-13(17)10-5-4-6-11-12(10)18-15(7-8-15)9-16-11/h4-6,16H,7-9H2,1-3H3. The highest BCUT2D eigenvalue weighted by Crippen LogP contribution is 2.47. The monoisotopic (exact) mass is 261 g/mol. The van der Waals surface area contributed by atoms with Gasteiger partial charge in [-0.05, 0) is 45.7 Å². The van der Waals surface area contributed by atoms with Crippen LogP contribution in [-0.4, -0.2) is 23.7 Å². The van der Waals surface area contributed by atoms with E-state index in [0.29, 0.717) is 11.3 Å². The van der Waals surface area contributed by atoms with Crippen LogP contribution in [0.25, 0.3) is 0 Å². The highest BCUT2D eigenvalue weighted by molar-refractivity contribution is 5.95. The summed E-state index contributed by atoms with van der Waals surface area (Å²) in [5.74, 6) is 0.310. The molecule has 1 heterocycles. The molecule has 1 aliphatic heterocycles. The Morgan fingerprint density at radius 2 is 2.11 bits per heavy atom. The van der Waals surface area contributed by atoms with Crippen molar-refractivity contribution in [2.75, 3.05) is 11.9 Å². The molecule has 1 aromatic carbocycles. The van der Waals surface area contributed by atoms with Gasteiger partial charge in [0.25, 0.3) is 0 Å². The van der Waals surface area contributed by atoms with Crippen LogP contribution < -0.4 is 10.1 Å². The van der Waals surface area contributed by atoms with Gasteiger partial charge in [0.1, 0.15) is 16.8 Å². The van der Waals surface area contributed by atoms with E-state index in [9.17, 15) is 4.79 Å². The Balaban J connectivity index is 1.92. The van der Waals surface area contributed by atoms with Crippen molar-refractivity contribution in [2.24, 2.45) is 0 Å². The Labute approximate surface area is 113 Å². The number of hydrogen-bond donors (Lipinski definition) is 1. The van der Waals surface area contributed by atoms with E-state index in [1.165, 1.54) is 0 Å². The summed E-state index contributed by atoms with van der Waals surface area (Å²) in [4.78, 5) is 12.2. The Morgan fingerprint density at radius 1 is 1.37 bits per heavy atom. The Bertz CT molecular complexity index is 527. The van der Waals surface area contributed by atoms with Crippen molar-refractivity contribution in [1.29, 1.82) is 0 Å². The fourth-order valence-corrected chi connectivity index (χ4v) is 2.21. The highest BCUT2D eigenvalue weighted by Gasteiger charge is 2.48. The van der Waals surface area contributed by atoms with Crippen LogP contribution in [0.2, 0.25) is 0 Å². The lowest BCUT2D eigenvalue weighted by Crippen LogP contribution is -2.34. The molecule has 0 aromatic heterocycles. The first kappa shape index (κ1) is 12.3. The second kappa shape index (κ2) is 3.89. The van der Waals surface area contributed by atoms with Crippen molar-refractivity contribution >= 4 is 11.7 Å². The lowest BCUT2D eigenvalue weighted by Gasteiger charge is -2.29. The molecule has 4 heteroatoms. The van der Waals surface area contributed by atoms with Crippen LogP contribution in [0.1, 0.15) is 44.0 Å². The van der Waals surface area contributed by atoms with Gasteiger partial charge >= 0.3 is 5.97 Å². The summed E-state index contributed by atoms with van der Waals surface area (Å²) in [5.41, 5.74) is 0.788. The molecule has 0 unspecified atom stereocenters. The van der Waals surface area contributed by atoms with Crippen molar-refractivity contribution in [3.05, 3.63) is 23.8 Å². The number of carbonyl (C=O) groups excluding carboxylic acids is 1. The van der Waals surface area contributed by atoms with Gasteiger partial charge in [0, 0.05) is 0 Å². The first-order chi connectivity index (χ1) is 8.89. The summed E-state index contributed by atoms with van der Waals surface area (Å²) >= 11 is 0. The van der Waals surface area contributed by atoms with E-state index in [-0.39, 0.29) is 11.6 Å². The molecule has 102 valence electrons. The molecular weight excluding hydrogens is 242 g/mol. The zero-order valence-corrected chi connectivity index (χ0v) is 11.6. The second-order valence-corrected chi connectivity index (χ2v) is 6.32. The topological polar surface area (TPSA) is 47.6 Å². The highest BCUT2D eigenvalue weighted by atomic mass is 16.6. The minimum absolute atomic E-state index is 0.0921. The number of hydrogen-bond acceptors (Lipinski definition) is 4. The third-order valence-electron chi connectivity index (χ3n) is 3.36. The Kier molecular flexibility index (Phi) is 2.52. The van der Waals surface area contributed by atoms with Crippen LogP contribution >= 0.6 is 0 Å². The van der Waals surface area contributed by atoms with Crippen LogP contribution in [0.3, 0.4) is 0 Å². The van der Waals surface area contributed by atoms with E-state index in [2.05, 4.69) is 5.32 Å². The number of benzene rings is 1. The van der Waals surface area contributed by atoms with E-state index in [1.807, 2.05) is 32.9 Å². The molecule has 1 spiro atoms. The molecule has 0 saturated heterocycles. The molecule has 0 atom stereocenters. The van der Waals surface area contributed by atoms with E-state index in [4.69, 9.17) is 9.47 Å². The van der Waals surface area contributed by atoms with Gasteiger partial charge in [-0.3, -0.25) is 0 Å². The predicted molar refractivity (Wildman–Crippen MR) is 72.7 cm³/mol. The summed E-state index contributed by atoms with van der Waals surface area (Å²) in [6, 6.07) is 5.54. The molecule has 0 bridgehead atoms. The number of rotatable bonds is 1. The smallest absolute Gasteiger partial charge is 0.342 e. The minimum Gasteiger partial charge on any atom is -0.482 e. The molecule has 0 radical (unpaired) electrons. The van der Waals surface area contributed by atoms with Gasteiger partial charge in [-0.2, -0.15) is 0 Å². The summed E-state index contributed by atoms with van der Waals surface area (Å²) in [6.45, 7) is 6.41. The van der Waals surface area contributed by atoms with Crippen molar-refractivity contribution < 1.29 is 14.3 Å². The van der Waals surface area contributed by atoms with Gasteiger partial charge < -0.3 is 14.8 Å². The summed E-state index contributed by atoms with van der Waals surface area (Å²) in [7, 11) is 0. The van der Waals surface area contributed by atoms with Crippen LogP contribution in [0.15, 0.2) is 18.2 Å². The SMILES string of the molecule is CC(C)(C)OC(=O)c1cccc2c1OC1(CC1)CN2. The number of esters is 1. The normalized spacial score (nSPS) is 19.1. The molecule has 19 heavy (non-hydrogen) atoms. The first-order valence-electron chi connectivity index (χ1n) is 6.68. The largest absolute Gasteiger partial charge is 0.482 e. The molecular formula is C15H19NO3. The van der Waals surface area contributed by atoms with Crippen molar-refractivity contribution in [1.82, 2.24) is 0 Å². The van der Waals surface area contributed by atoms with Crippen LogP contribution in [0.5, 0.6) is 5.75 Å². The van der Waals surface area contributed by atoms with Crippen molar-refractivity contribution in [3.8, 4) is 5.75 Å². The Hall–Kier alpha value is -1.71. The summed E-state index contributed by atoms with van der Waals surface area (Å²) < 4.78 is 11.5. The van der Waals surface area contributed by atoms with E-state index in [0.717, 1.165) is 25.1 Å². The third-order valence-corrected chi connectivity index (χ3v) is 3.36. The van der Waals surface area contributed by atoms with Gasteiger partial charge in [-0.15, -0.1) is 0 Å². The fraction of sp³-hybridized carbons (Fsp3) is 0.533. The van der Waals surface area contributed by atoms with Crippen molar-refractivity contribution in [2.45, 2.75) is 44.8 Å². The number of para-hydroxylation sites is 1. The van der Waals surface area contributed by atoms with E-state index < -0.39 is 5.60 Å². The number of carbonyl (C=O) groups is 1. The van der Waals surface area contributed by atoms with Gasteiger partial charge in [0.2, 0.25) is 0 Å². The summed E-state index contributed by atoms with van der Waals surface area (Å²) in [5, 5.41) is 3.34. The second-order valence-electron chi connectivity index (χ2n) is 6.32. The predicted octanol–water partition coefficient (Wildman–Crippen LogP) is 2.98. The third kappa shape index (κ3) is 2.39. The van der Waals surface area contributed by atoms with Gasteiger partial charge in [-0.25, -0.2) is 4.79 Å². The molecule has 1 saturated carbocycles. The number of ether oxygens (including phenoxy) is 2. The Morgan fingerprint density at radius 3 is 2.74 bits per heavy atom. The molecule has 2 aliphatic rings. The number of anilines is 1. The maximum Gasteiger partial charge on any atom is 0.342 e. The van der Waals surface area contributed by atoms with E-state index in [1.54, 1.807) is 6.07 Å². The maximum absolute atomic E-state index is 12.2. The van der Waals surface area contributed by atoms with Gasteiger partial charge in [0.05, 0.1) is 12.2 Å². The van der Waals surface area contributed by atoms with E-state index >= 15 is 0 Å². The van der Waals surface area contributed by atoms with Crippen LogP contribution in [0.4, 0.5) is 5.69 Å². The lowest BCUT2D eigenvalue weighted by atomic mass is 10.1. The molecule has 1 aromatic rings. The van der Waals surface area contributed by atoms with Crippen LogP contribution in [0, 0.1) is 0 Å². The number of fused-ring (bicyclic) bond motifs is 1. The quantitative estimate of drug-likeness (QED) is 0.789. The van der Waals surface area contributed by atoms with Gasteiger partial charge in [-0.1, -0.05) is 6.07 Å². The zero-order chi connectivity index (χ0) is 13.7. The molecule has 4 nitrogen and oxygen atoms in total. The average molecular weight is 261 g/mol. The van der Waals surface area contributed by atoms with Gasteiger partial charge in [0.15, 0.2) is 5.75 Å². The van der Waals surface area contributed by atoms with Crippen LogP contribution in [-0.2, 0) is 4.74 Å².